The third-order valence-electron chi connectivity index (χ3n) is 3.16. The second-order valence-corrected chi connectivity index (χ2v) is 4.64. The maximum atomic E-state index is 11.9. The number of rotatable bonds is 3. The number of hydrogen-bond acceptors (Lipinski definition) is 2. The van der Waals surface area contributed by atoms with Gasteiger partial charge in [0.05, 0.1) is 0 Å². The van der Waals surface area contributed by atoms with Crippen LogP contribution < -0.4 is 0 Å². The van der Waals surface area contributed by atoms with Crippen LogP contribution in [0, 0.1) is 6.92 Å². The van der Waals surface area contributed by atoms with Gasteiger partial charge in [-0.15, -0.1) is 0 Å². The van der Waals surface area contributed by atoms with Gasteiger partial charge in [0.1, 0.15) is 0 Å². The molecule has 0 saturated carbocycles. The van der Waals surface area contributed by atoms with Crippen molar-refractivity contribution in [2.24, 2.45) is 0 Å². The van der Waals surface area contributed by atoms with Crippen molar-refractivity contribution in [3.05, 3.63) is 47.7 Å². The molecule has 2 rings (SSSR count). The van der Waals surface area contributed by atoms with Gasteiger partial charge in [-0.05, 0) is 26.2 Å². The highest BCUT2D eigenvalue weighted by Gasteiger charge is 2.06. The van der Waals surface area contributed by atoms with Crippen LogP contribution >= 0.6 is 0 Å². The lowest BCUT2D eigenvalue weighted by atomic mass is 10.1. The molecule has 17 heavy (non-hydrogen) atoms. The van der Waals surface area contributed by atoms with Gasteiger partial charge in [0.2, 0.25) is 0 Å². The maximum Gasteiger partial charge on any atom is 0.187 e. The van der Waals surface area contributed by atoms with Gasteiger partial charge >= 0.3 is 0 Å². The zero-order valence-corrected chi connectivity index (χ0v) is 10.4. The SMILES string of the molecule is Cc1ccc(C(=O)/C=C/N2CCCCC2)cc1. The van der Waals surface area contributed by atoms with Crippen molar-refractivity contribution in [1.29, 1.82) is 0 Å². The van der Waals surface area contributed by atoms with Crippen molar-refractivity contribution in [2.75, 3.05) is 13.1 Å². The fourth-order valence-electron chi connectivity index (χ4n) is 2.05. The smallest absolute Gasteiger partial charge is 0.187 e. The number of likely N-dealkylation sites (tertiary alicyclic amines) is 1. The normalized spacial score (nSPS) is 16.4. The Labute approximate surface area is 103 Å². The van der Waals surface area contributed by atoms with Crippen LogP contribution in [0.2, 0.25) is 0 Å². The highest BCUT2D eigenvalue weighted by molar-refractivity contribution is 6.04. The summed E-state index contributed by atoms with van der Waals surface area (Å²) in [5.41, 5.74) is 1.95. The number of carbonyl (C=O) groups excluding carboxylic acids is 1. The highest BCUT2D eigenvalue weighted by Crippen LogP contribution is 2.10. The van der Waals surface area contributed by atoms with E-state index in [1.807, 2.05) is 37.4 Å². The lowest BCUT2D eigenvalue weighted by Crippen LogP contribution is -2.24. The fraction of sp³-hybridized carbons (Fsp3) is 0.400. The first-order valence-corrected chi connectivity index (χ1v) is 6.29. The van der Waals surface area contributed by atoms with Gasteiger partial charge in [-0.1, -0.05) is 29.8 Å². The van der Waals surface area contributed by atoms with Crippen molar-refractivity contribution in [3.63, 3.8) is 0 Å². The molecule has 1 aliphatic heterocycles. The van der Waals surface area contributed by atoms with Crippen LogP contribution in [0.15, 0.2) is 36.5 Å². The molecule has 1 fully saturated rings. The van der Waals surface area contributed by atoms with Gasteiger partial charge in [0.15, 0.2) is 5.78 Å². The Morgan fingerprint density at radius 1 is 1.12 bits per heavy atom. The average molecular weight is 229 g/mol. The molecule has 0 bridgehead atoms. The number of hydrogen-bond donors (Lipinski definition) is 0. The Morgan fingerprint density at radius 2 is 1.76 bits per heavy atom. The minimum Gasteiger partial charge on any atom is -0.377 e. The Kier molecular flexibility index (Phi) is 3.97. The van der Waals surface area contributed by atoms with E-state index in [2.05, 4.69) is 4.90 Å². The van der Waals surface area contributed by atoms with E-state index >= 15 is 0 Å². The van der Waals surface area contributed by atoms with E-state index in [1.54, 1.807) is 6.08 Å². The monoisotopic (exact) mass is 229 g/mol. The summed E-state index contributed by atoms with van der Waals surface area (Å²) in [6.45, 7) is 4.19. The summed E-state index contributed by atoms with van der Waals surface area (Å²) in [7, 11) is 0. The van der Waals surface area contributed by atoms with E-state index in [4.69, 9.17) is 0 Å². The molecular weight excluding hydrogens is 210 g/mol. The predicted octanol–water partition coefficient (Wildman–Crippen LogP) is 3.18. The fourth-order valence-corrected chi connectivity index (χ4v) is 2.05. The summed E-state index contributed by atoms with van der Waals surface area (Å²) in [6.07, 6.45) is 7.43. The van der Waals surface area contributed by atoms with Gasteiger partial charge in [-0.3, -0.25) is 4.79 Å². The van der Waals surface area contributed by atoms with Crippen LogP contribution in [0.1, 0.15) is 35.2 Å². The number of allylic oxidation sites excluding steroid dienone is 1. The van der Waals surface area contributed by atoms with Crippen LogP contribution in [-0.2, 0) is 0 Å². The van der Waals surface area contributed by atoms with Crippen molar-refractivity contribution < 1.29 is 4.79 Å². The topological polar surface area (TPSA) is 20.3 Å². The molecule has 1 aromatic carbocycles. The van der Waals surface area contributed by atoms with Crippen molar-refractivity contribution in [3.8, 4) is 0 Å². The number of carbonyl (C=O) groups is 1. The largest absolute Gasteiger partial charge is 0.377 e. The molecule has 2 nitrogen and oxygen atoms in total. The molecule has 0 spiro atoms. The first kappa shape index (κ1) is 11.9. The van der Waals surface area contributed by atoms with E-state index in [-0.39, 0.29) is 5.78 Å². The Morgan fingerprint density at radius 3 is 2.41 bits per heavy atom. The average Bonchev–Trinajstić information content (AvgIpc) is 2.38. The number of nitrogens with zero attached hydrogens (tertiary/aromatic N) is 1. The van der Waals surface area contributed by atoms with Gasteiger partial charge in [-0.2, -0.15) is 0 Å². The number of ketones is 1. The minimum atomic E-state index is 0.0931. The lowest BCUT2D eigenvalue weighted by molar-refractivity contribution is 0.104. The number of aryl methyl sites for hydroxylation is 1. The third-order valence-corrected chi connectivity index (χ3v) is 3.16. The van der Waals surface area contributed by atoms with Gasteiger partial charge < -0.3 is 4.90 Å². The summed E-state index contributed by atoms with van der Waals surface area (Å²) in [4.78, 5) is 14.1. The summed E-state index contributed by atoms with van der Waals surface area (Å²) < 4.78 is 0. The molecule has 0 unspecified atom stereocenters. The molecule has 0 radical (unpaired) electrons. The second kappa shape index (κ2) is 5.67. The molecule has 2 heteroatoms. The molecule has 1 aromatic rings. The van der Waals surface area contributed by atoms with E-state index in [9.17, 15) is 4.79 Å². The summed E-state index contributed by atoms with van der Waals surface area (Å²) in [5.74, 6) is 0.0931. The molecule has 1 aliphatic rings. The van der Waals surface area contributed by atoms with Crippen LogP contribution in [0.3, 0.4) is 0 Å². The Balaban J connectivity index is 1.96. The Hall–Kier alpha value is -1.57. The Bertz CT molecular complexity index is 399. The summed E-state index contributed by atoms with van der Waals surface area (Å²) in [6, 6.07) is 7.72. The molecule has 0 amide bonds. The van der Waals surface area contributed by atoms with Crippen molar-refractivity contribution >= 4 is 5.78 Å². The van der Waals surface area contributed by atoms with Gasteiger partial charge in [-0.25, -0.2) is 0 Å². The molecule has 0 aromatic heterocycles. The quantitative estimate of drug-likeness (QED) is 0.586. The zero-order chi connectivity index (χ0) is 12.1. The van der Waals surface area contributed by atoms with E-state index in [1.165, 1.54) is 24.8 Å². The van der Waals surface area contributed by atoms with Crippen LogP contribution in [0.25, 0.3) is 0 Å². The molecular formula is C15H19NO. The van der Waals surface area contributed by atoms with Crippen LogP contribution in [-0.4, -0.2) is 23.8 Å². The van der Waals surface area contributed by atoms with E-state index in [0.717, 1.165) is 18.7 Å². The van der Waals surface area contributed by atoms with Crippen molar-refractivity contribution in [2.45, 2.75) is 26.2 Å². The molecule has 1 heterocycles. The zero-order valence-electron chi connectivity index (χ0n) is 10.4. The molecule has 0 aliphatic carbocycles. The van der Waals surface area contributed by atoms with E-state index in [0.29, 0.717) is 0 Å². The van der Waals surface area contributed by atoms with Crippen LogP contribution in [0.4, 0.5) is 0 Å². The van der Waals surface area contributed by atoms with Gasteiger partial charge in [0, 0.05) is 30.9 Å². The first-order valence-electron chi connectivity index (χ1n) is 6.29. The lowest BCUT2D eigenvalue weighted by Gasteiger charge is -2.24. The standard InChI is InChI=1S/C15H19NO/c1-13-5-7-14(8-6-13)15(17)9-12-16-10-3-2-4-11-16/h5-9,12H,2-4,10-11H2,1H3/b12-9+. The first-order chi connectivity index (χ1) is 8.25. The van der Waals surface area contributed by atoms with Gasteiger partial charge in [0.25, 0.3) is 0 Å². The third kappa shape index (κ3) is 3.45. The molecule has 0 N–H and O–H groups in total. The highest BCUT2D eigenvalue weighted by atomic mass is 16.1. The minimum absolute atomic E-state index is 0.0931. The molecule has 1 saturated heterocycles. The number of piperidine rings is 1. The number of benzene rings is 1. The summed E-state index contributed by atoms with van der Waals surface area (Å²) >= 11 is 0. The molecule has 90 valence electrons. The van der Waals surface area contributed by atoms with Crippen LogP contribution in [0.5, 0.6) is 0 Å². The maximum absolute atomic E-state index is 11.9. The summed E-state index contributed by atoms with van der Waals surface area (Å²) in [5, 5.41) is 0. The predicted molar refractivity (Wildman–Crippen MR) is 70.1 cm³/mol. The molecule has 0 atom stereocenters. The van der Waals surface area contributed by atoms with E-state index < -0.39 is 0 Å². The van der Waals surface area contributed by atoms with Crippen molar-refractivity contribution in [1.82, 2.24) is 4.90 Å². The second-order valence-electron chi connectivity index (χ2n) is 4.64.